The number of aliphatic carboxylic acids is 1. The number of fused-ring (bicyclic) bond motifs is 6. The first kappa shape index (κ1) is 27.9. The van der Waals surface area contributed by atoms with E-state index in [0.717, 1.165) is 55.5 Å². The molecular weight excluding hydrogens is 532 g/mol. The van der Waals surface area contributed by atoms with Gasteiger partial charge in [-0.2, -0.15) is 9.84 Å². The van der Waals surface area contributed by atoms with E-state index in [4.69, 9.17) is 6.57 Å². The fourth-order valence-corrected chi connectivity index (χ4v) is 7.27. The number of nitriles is 1. The van der Waals surface area contributed by atoms with Crippen LogP contribution in [0.2, 0.25) is 0 Å². The summed E-state index contributed by atoms with van der Waals surface area (Å²) >= 11 is 0. The van der Waals surface area contributed by atoms with Crippen molar-refractivity contribution in [1.82, 2.24) is 0 Å². The Bertz CT molecular complexity index is 1990. The van der Waals surface area contributed by atoms with Gasteiger partial charge in [0.05, 0.1) is 24.5 Å². The summed E-state index contributed by atoms with van der Waals surface area (Å²) in [4.78, 5) is 17.6. The normalized spacial score (nSPS) is 21.9. The lowest BCUT2D eigenvalue weighted by molar-refractivity contribution is -0.401. The zero-order chi connectivity index (χ0) is 30.4. The molecule has 4 aromatic carbocycles. The van der Waals surface area contributed by atoms with Crippen LogP contribution in [0.3, 0.4) is 0 Å². The third-order valence-electron chi connectivity index (χ3n) is 9.24. The van der Waals surface area contributed by atoms with E-state index in [-0.39, 0.29) is 12.8 Å². The molecule has 2 heterocycles. The summed E-state index contributed by atoms with van der Waals surface area (Å²) < 4.78 is 2.18. The zero-order valence-corrected chi connectivity index (χ0v) is 24.6. The van der Waals surface area contributed by atoms with Crippen molar-refractivity contribution in [2.75, 3.05) is 25.0 Å². The summed E-state index contributed by atoms with van der Waals surface area (Å²) in [6, 6.07) is 27.3. The van der Waals surface area contributed by atoms with Crippen molar-refractivity contribution in [2.24, 2.45) is 0 Å². The van der Waals surface area contributed by atoms with Crippen LogP contribution < -0.4 is 4.90 Å². The molecule has 0 aliphatic carbocycles. The van der Waals surface area contributed by atoms with Gasteiger partial charge < -0.3 is 14.9 Å². The molecule has 4 aromatic rings. The third-order valence-corrected chi connectivity index (χ3v) is 9.24. The quantitative estimate of drug-likeness (QED) is 0.186. The smallest absolute Gasteiger partial charge is 0.305 e. The van der Waals surface area contributed by atoms with E-state index in [0.29, 0.717) is 13.1 Å². The van der Waals surface area contributed by atoms with E-state index in [1.165, 1.54) is 0 Å². The van der Waals surface area contributed by atoms with Crippen molar-refractivity contribution in [3.63, 3.8) is 0 Å². The minimum absolute atomic E-state index is 0.0263. The second-order valence-electron chi connectivity index (χ2n) is 11.8. The topological polar surface area (TPSA) is 71.7 Å². The Balaban J connectivity index is 1.50. The SMILES string of the molecule is [C-]#[N+]CC1(C)C(/C=C/C=C2/N(CCC(=O)O)c3ccc4ccccc4c3C2(C)CC#N)=[N+](C)c2ccc3ccccc3c21. The molecule has 0 aromatic heterocycles. The molecule has 0 saturated carbocycles. The lowest BCUT2D eigenvalue weighted by Crippen LogP contribution is -2.33. The van der Waals surface area contributed by atoms with Crippen molar-refractivity contribution in [1.29, 1.82) is 5.26 Å². The van der Waals surface area contributed by atoms with Crippen molar-refractivity contribution < 1.29 is 14.5 Å². The first-order valence-corrected chi connectivity index (χ1v) is 14.5. The monoisotopic (exact) mass is 565 g/mol. The van der Waals surface area contributed by atoms with Crippen LogP contribution >= 0.6 is 0 Å². The van der Waals surface area contributed by atoms with Gasteiger partial charge in [0, 0.05) is 35.5 Å². The number of allylic oxidation sites excluding steroid dienone is 4. The molecule has 2 atom stereocenters. The van der Waals surface area contributed by atoms with Gasteiger partial charge >= 0.3 is 5.97 Å². The highest BCUT2D eigenvalue weighted by molar-refractivity contribution is 6.08. The highest BCUT2D eigenvalue weighted by atomic mass is 16.4. The first-order valence-electron chi connectivity index (χ1n) is 14.5. The zero-order valence-electron chi connectivity index (χ0n) is 24.6. The van der Waals surface area contributed by atoms with Gasteiger partial charge in [0.1, 0.15) is 7.05 Å². The van der Waals surface area contributed by atoms with Gasteiger partial charge in [-0.3, -0.25) is 4.79 Å². The van der Waals surface area contributed by atoms with E-state index >= 15 is 0 Å². The summed E-state index contributed by atoms with van der Waals surface area (Å²) in [6.07, 6.45) is 6.35. The Labute approximate surface area is 251 Å². The number of carboxylic acid groups (broad SMARTS) is 1. The Morgan fingerprint density at radius 2 is 1.65 bits per heavy atom. The molecule has 6 nitrogen and oxygen atoms in total. The van der Waals surface area contributed by atoms with Crippen LogP contribution in [0.5, 0.6) is 0 Å². The molecule has 43 heavy (non-hydrogen) atoms. The number of carbonyl (C=O) groups is 1. The van der Waals surface area contributed by atoms with Crippen LogP contribution in [-0.2, 0) is 15.6 Å². The van der Waals surface area contributed by atoms with Crippen molar-refractivity contribution in [3.05, 3.63) is 119 Å². The van der Waals surface area contributed by atoms with Crippen LogP contribution in [0.15, 0.2) is 96.7 Å². The van der Waals surface area contributed by atoms with Crippen molar-refractivity contribution in [2.45, 2.75) is 37.5 Å². The van der Waals surface area contributed by atoms with Gasteiger partial charge in [0.25, 0.3) is 0 Å². The van der Waals surface area contributed by atoms with Crippen LogP contribution in [0, 0.1) is 17.9 Å². The lowest BCUT2D eigenvalue weighted by atomic mass is 9.76. The lowest BCUT2D eigenvalue weighted by Gasteiger charge is -2.28. The Morgan fingerprint density at radius 1 is 1.00 bits per heavy atom. The van der Waals surface area contributed by atoms with E-state index in [9.17, 15) is 15.2 Å². The molecule has 6 rings (SSSR count). The second-order valence-corrected chi connectivity index (χ2v) is 11.8. The standard InChI is InChI=1S/C37H32N4O2/c1-36(21-22-38)32(41(23-20-33(42)43)30-19-17-26-11-6-8-13-28(26)35(30)36)15-9-14-31-37(2,24-39-3)34-27-12-7-5-10-25(27)16-18-29(34)40(31)4/h5-19H,20-21,23-24H2,1-2,4H3/p+1. The summed E-state index contributed by atoms with van der Waals surface area (Å²) in [7, 11) is 2.05. The average Bonchev–Trinajstić information content (AvgIpc) is 3.36. The van der Waals surface area contributed by atoms with E-state index in [2.05, 4.69) is 82.8 Å². The van der Waals surface area contributed by atoms with E-state index < -0.39 is 16.8 Å². The summed E-state index contributed by atoms with van der Waals surface area (Å²) in [5.74, 6) is -0.867. The third kappa shape index (κ3) is 4.30. The maximum Gasteiger partial charge on any atom is 0.305 e. The van der Waals surface area contributed by atoms with Gasteiger partial charge in [-0.05, 0) is 59.2 Å². The Hall–Kier alpha value is -5.20. The molecule has 0 spiro atoms. The molecule has 0 saturated heterocycles. The maximum atomic E-state index is 11.7. The molecule has 0 fully saturated rings. The highest BCUT2D eigenvalue weighted by Gasteiger charge is 2.50. The molecule has 0 amide bonds. The van der Waals surface area contributed by atoms with Gasteiger partial charge in [-0.15, -0.1) is 0 Å². The van der Waals surface area contributed by atoms with Gasteiger partial charge in [0.2, 0.25) is 12.2 Å². The van der Waals surface area contributed by atoms with Crippen molar-refractivity contribution >= 4 is 44.6 Å². The molecule has 2 aliphatic rings. The second kappa shape index (κ2) is 10.6. The number of carboxylic acids is 1. The van der Waals surface area contributed by atoms with Crippen LogP contribution in [-0.4, -0.2) is 41.5 Å². The maximum absolute atomic E-state index is 11.7. The molecule has 2 aliphatic heterocycles. The molecule has 2 unspecified atom stereocenters. The van der Waals surface area contributed by atoms with Crippen LogP contribution in [0.1, 0.15) is 37.8 Å². The van der Waals surface area contributed by atoms with Gasteiger partial charge in [0.15, 0.2) is 11.1 Å². The van der Waals surface area contributed by atoms with Gasteiger partial charge in [-0.25, -0.2) is 6.57 Å². The summed E-state index contributed by atoms with van der Waals surface area (Å²) in [5.41, 5.74) is 5.01. The Morgan fingerprint density at radius 3 is 2.30 bits per heavy atom. The minimum atomic E-state index is -0.867. The van der Waals surface area contributed by atoms with Crippen LogP contribution in [0.4, 0.5) is 11.4 Å². The van der Waals surface area contributed by atoms with Crippen molar-refractivity contribution in [3.8, 4) is 6.07 Å². The summed E-state index contributed by atoms with van der Waals surface area (Å²) in [6.45, 7) is 12.7. The minimum Gasteiger partial charge on any atom is -0.481 e. The number of benzene rings is 4. The number of rotatable bonds is 7. The van der Waals surface area contributed by atoms with Gasteiger partial charge in [-0.1, -0.05) is 60.7 Å². The fourth-order valence-electron chi connectivity index (χ4n) is 7.27. The summed E-state index contributed by atoms with van der Waals surface area (Å²) in [5, 5.41) is 24.1. The fraction of sp³-hybridized carbons (Fsp3) is 0.243. The van der Waals surface area contributed by atoms with E-state index in [1.54, 1.807) is 0 Å². The predicted octanol–water partition coefficient (Wildman–Crippen LogP) is 7.50. The first-order chi connectivity index (χ1) is 20.7. The molecule has 0 radical (unpaired) electrons. The number of hydrogen-bond donors (Lipinski definition) is 1. The predicted molar refractivity (Wildman–Crippen MR) is 172 cm³/mol. The molecule has 212 valence electrons. The Kier molecular flexibility index (Phi) is 6.87. The largest absolute Gasteiger partial charge is 0.481 e. The average molecular weight is 566 g/mol. The number of anilines is 1. The molecule has 1 N–H and O–H groups in total. The highest BCUT2D eigenvalue weighted by Crippen LogP contribution is 2.53. The molecule has 0 bridgehead atoms. The number of hydrogen-bond acceptors (Lipinski definition) is 3. The van der Waals surface area contributed by atoms with Crippen LogP contribution in [0.25, 0.3) is 26.4 Å². The molecular formula is C37H33N4O2+. The molecule has 6 heteroatoms. The van der Waals surface area contributed by atoms with E-state index in [1.807, 2.05) is 49.5 Å². The number of nitrogens with zero attached hydrogens (tertiary/aromatic N) is 4.